The molecule has 1 aliphatic rings. The Bertz CT molecular complexity index is 1010. The van der Waals surface area contributed by atoms with E-state index < -0.39 is 0 Å². The molecule has 1 aliphatic heterocycles. The fourth-order valence-electron chi connectivity index (χ4n) is 3.54. The van der Waals surface area contributed by atoms with Gasteiger partial charge in [-0.3, -0.25) is 9.59 Å². The lowest BCUT2D eigenvalue weighted by Gasteiger charge is -2.36. The first kappa shape index (κ1) is 16.8. The standard InChI is InChI=1S/C20H21N3O2S/c1-14-17(18-16(26-14)8-9-21(2)19(18)24)20(25)23-12-10-22(11-13-23)15-6-4-3-5-7-15/h3-9H,10-13H2,1-2H3. The van der Waals surface area contributed by atoms with Crippen molar-refractivity contribution in [2.45, 2.75) is 6.92 Å². The number of nitrogens with zero attached hydrogens (tertiary/aromatic N) is 3. The molecule has 0 bridgehead atoms. The smallest absolute Gasteiger partial charge is 0.259 e. The Balaban J connectivity index is 1.60. The van der Waals surface area contributed by atoms with Crippen LogP contribution >= 0.6 is 11.3 Å². The average molecular weight is 367 g/mol. The van der Waals surface area contributed by atoms with Crippen LogP contribution in [0.3, 0.4) is 0 Å². The molecule has 3 heterocycles. The van der Waals surface area contributed by atoms with Gasteiger partial charge in [0, 0.05) is 54.7 Å². The minimum absolute atomic E-state index is 0.0234. The fraction of sp³-hybridized carbons (Fsp3) is 0.300. The van der Waals surface area contributed by atoms with Crippen LogP contribution in [0.5, 0.6) is 0 Å². The van der Waals surface area contributed by atoms with E-state index in [0.29, 0.717) is 24.0 Å². The Hall–Kier alpha value is -2.60. The third-order valence-electron chi connectivity index (χ3n) is 5.00. The first-order chi connectivity index (χ1) is 12.6. The van der Waals surface area contributed by atoms with Crippen LogP contribution in [-0.2, 0) is 7.05 Å². The van der Waals surface area contributed by atoms with E-state index in [1.807, 2.05) is 36.1 Å². The molecule has 4 rings (SSSR count). The minimum atomic E-state index is -0.0990. The first-order valence-electron chi connectivity index (χ1n) is 8.74. The number of thiophene rings is 1. The number of aryl methyl sites for hydroxylation is 2. The highest BCUT2D eigenvalue weighted by molar-refractivity contribution is 7.19. The predicted octanol–water partition coefficient (Wildman–Crippen LogP) is 2.87. The number of benzene rings is 1. The van der Waals surface area contributed by atoms with E-state index in [1.54, 1.807) is 17.8 Å². The second-order valence-electron chi connectivity index (χ2n) is 6.62. The number of fused-ring (bicyclic) bond motifs is 1. The van der Waals surface area contributed by atoms with E-state index in [4.69, 9.17) is 0 Å². The second-order valence-corrected chi connectivity index (χ2v) is 7.88. The lowest BCUT2D eigenvalue weighted by Crippen LogP contribution is -2.49. The lowest BCUT2D eigenvalue weighted by atomic mass is 10.1. The maximum Gasteiger partial charge on any atom is 0.259 e. The number of piperazine rings is 1. The predicted molar refractivity (Wildman–Crippen MR) is 106 cm³/mol. The number of para-hydroxylation sites is 1. The van der Waals surface area contributed by atoms with Crippen molar-refractivity contribution in [2.75, 3.05) is 31.1 Å². The van der Waals surface area contributed by atoms with Gasteiger partial charge in [-0.15, -0.1) is 11.3 Å². The number of rotatable bonds is 2. The minimum Gasteiger partial charge on any atom is -0.368 e. The van der Waals surface area contributed by atoms with Crippen LogP contribution in [0, 0.1) is 6.92 Å². The Morgan fingerprint density at radius 3 is 2.42 bits per heavy atom. The molecule has 0 radical (unpaired) electrons. The van der Waals surface area contributed by atoms with E-state index in [2.05, 4.69) is 17.0 Å². The summed E-state index contributed by atoms with van der Waals surface area (Å²) in [6, 6.07) is 12.2. The Kier molecular flexibility index (Phi) is 4.28. The van der Waals surface area contributed by atoms with Gasteiger partial charge in [0.25, 0.3) is 11.5 Å². The van der Waals surface area contributed by atoms with Gasteiger partial charge < -0.3 is 14.4 Å². The molecule has 6 heteroatoms. The van der Waals surface area contributed by atoms with E-state index >= 15 is 0 Å². The molecule has 3 aromatic rings. The third-order valence-corrected chi connectivity index (χ3v) is 6.07. The molecule has 134 valence electrons. The highest BCUT2D eigenvalue weighted by Gasteiger charge is 2.27. The molecule has 1 fully saturated rings. The van der Waals surface area contributed by atoms with Crippen molar-refractivity contribution >= 4 is 33.0 Å². The van der Waals surface area contributed by atoms with Gasteiger partial charge in [-0.05, 0) is 25.1 Å². The van der Waals surface area contributed by atoms with Gasteiger partial charge in [0.15, 0.2) is 0 Å². The zero-order chi connectivity index (χ0) is 18.3. The van der Waals surface area contributed by atoms with E-state index in [-0.39, 0.29) is 11.5 Å². The van der Waals surface area contributed by atoms with Gasteiger partial charge in [0.1, 0.15) is 0 Å². The topological polar surface area (TPSA) is 45.6 Å². The lowest BCUT2D eigenvalue weighted by molar-refractivity contribution is 0.0748. The quantitative estimate of drug-likeness (QED) is 0.700. The van der Waals surface area contributed by atoms with Gasteiger partial charge in [0.2, 0.25) is 0 Å². The van der Waals surface area contributed by atoms with Gasteiger partial charge in [0.05, 0.1) is 10.9 Å². The summed E-state index contributed by atoms with van der Waals surface area (Å²) >= 11 is 1.52. The summed E-state index contributed by atoms with van der Waals surface area (Å²) in [6.07, 6.45) is 1.76. The maximum absolute atomic E-state index is 13.2. The van der Waals surface area contributed by atoms with Crippen molar-refractivity contribution in [1.82, 2.24) is 9.47 Å². The molecule has 0 spiro atoms. The van der Waals surface area contributed by atoms with Crippen LogP contribution in [0.15, 0.2) is 47.4 Å². The fourth-order valence-corrected chi connectivity index (χ4v) is 4.58. The number of carbonyl (C=O) groups excluding carboxylic acids is 1. The Labute approximate surface area is 156 Å². The van der Waals surface area contributed by atoms with Crippen LogP contribution in [0.25, 0.3) is 10.1 Å². The van der Waals surface area contributed by atoms with Crippen LogP contribution in [-0.4, -0.2) is 41.6 Å². The van der Waals surface area contributed by atoms with E-state index in [1.165, 1.54) is 17.0 Å². The van der Waals surface area contributed by atoms with Crippen molar-refractivity contribution < 1.29 is 4.79 Å². The molecule has 0 aliphatic carbocycles. The third kappa shape index (κ3) is 2.80. The summed E-state index contributed by atoms with van der Waals surface area (Å²) in [4.78, 5) is 30.8. The molecule has 0 saturated carbocycles. The monoisotopic (exact) mass is 367 g/mol. The summed E-state index contributed by atoms with van der Waals surface area (Å²) < 4.78 is 2.43. The maximum atomic E-state index is 13.2. The number of hydrogen-bond donors (Lipinski definition) is 0. The number of pyridine rings is 1. The molecule has 0 N–H and O–H groups in total. The summed E-state index contributed by atoms with van der Waals surface area (Å²) in [6.45, 7) is 4.86. The van der Waals surface area contributed by atoms with Crippen molar-refractivity contribution in [1.29, 1.82) is 0 Å². The van der Waals surface area contributed by atoms with Crippen molar-refractivity contribution in [2.24, 2.45) is 7.05 Å². The number of anilines is 1. The molecule has 1 amide bonds. The normalized spacial score (nSPS) is 14.8. The van der Waals surface area contributed by atoms with Crippen LogP contribution < -0.4 is 10.5 Å². The Morgan fingerprint density at radius 1 is 1.04 bits per heavy atom. The average Bonchev–Trinajstić information content (AvgIpc) is 3.02. The molecule has 1 aromatic carbocycles. The molecule has 0 unspecified atom stereocenters. The SMILES string of the molecule is Cc1sc2ccn(C)c(=O)c2c1C(=O)N1CCN(c2ccccc2)CC1. The van der Waals surface area contributed by atoms with E-state index in [9.17, 15) is 9.59 Å². The molecule has 0 atom stereocenters. The summed E-state index contributed by atoms with van der Waals surface area (Å²) in [5, 5.41) is 0.563. The van der Waals surface area contributed by atoms with Gasteiger partial charge >= 0.3 is 0 Å². The Morgan fingerprint density at radius 2 is 1.73 bits per heavy atom. The first-order valence-corrected chi connectivity index (χ1v) is 9.56. The van der Waals surface area contributed by atoms with Crippen LogP contribution in [0.1, 0.15) is 15.2 Å². The number of hydrogen-bond acceptors (Lipinski definition) is 4. The largest absolute Gasteiger partial charge is 0.368 e. The van der Waals surface area contributed by atoms with E-state index in [0.717, 1.165) is 22.7 Å². The van der Waals surface area contributed by atoms with Crippen molar-refractivity contribution in [3.63, 3.8) is 0 Å². The molecule has 26 heavy (non-hydrogen) atoms. The van der Waals surface area contributed by atoms with Crippen LogP contribution in [0.2, 0.25) is 0 Å². The number of amides is 1. The van der Waals surface area contributed by atoms with Crippen molar-refractivity contribution in [3.05, 3.63) is 63.4 Å². The highest BCUT2D eigenvalue weighted by atomic mass is 32.1. The van der Waals surface area contributed by atoms with Gasteiger partial charge in [-0.2, -0.15) is 0 Å². The molecule has 2 aromatic heterocycles. The zero-order valence-corrected chi connectivity index (χ0v) is 15.8. The number of aromatic nitrogens is 1. The summed E-state index contributed by atoms with van der Waals surface area (Å²) in [5.41, 5.74) is 1.67. The number of carbonyl (C=O) groups is 1. The van der Waals surface area contributed by atoms with Crippen molar-refractivity contribution in [3.8, 4) is 0 Å². The summed E-state index contributed by atoms with van der Waals surface area (Å²) in [5.74, 6) is -0.0234. The molecular formula is C20H21N3O2S. The molecule has 1 saturated heterocycles. The van der Waals surface area contributed by atoms with Crippen LogP contribution in [0.4, 0.5) is 5.69 Å². The van der Waals surface area contributed by atoms with Gasteiger partial charge in [-0.25, -0.2) is 0 Å². The second kappa shape index (κ2) is 6.61. The highest BCUT2D eigenvalue weighted by Crippen LogP contribution is 2.29. The summed E-state index contributed by atoms with van der Waals surface area (Å²) in [7, 11) is 1.72. The molecular weight excluding hydrogens is 346 g/mol. The van der Waals surface area contributed by atoms with Gasteiger partial charge in [-0.1, -0.05) is 18.2 Å². The zero-order valence-electron chi connectivity index (χ0n) is 14.9. The molecule has 5 nitrogen and oxygen atoms in total.